The topological polar surface area (TPSA) is 168 Å². The Balaban J connectivity index is 1.09. The van der Waals surface area contributed by atoms with Crippen molar-refractivity contribution < 1.29 is 38.5 Å². The van der Waals surface area contributed by atoms with E-state index in [1.165, 1.54) is 12.1 Å². The number of benzene rings is 1. The molecule has 1 aromatic carbocycles. The fraction of sp³-hybridized carbons (Fsp3) is 0.755. The molecule has 6 aliphatic rings. The zero-order valence-corrected chi connectivity index (χ0v) is 38.6. The summed E-state index contributed by atoms with van der Waals surface area (Å²) in [6, 6.07) is 6.15. The Morgan fingerprint density at radius 2 is 1.59 bits per heavy atom. The second-order valence-corrected chi connectivity index (χ2v) is 22.9. The standard InChI is InChI=1S/C49H71ClFN3O7/c1-27(2)38-33(55)23-48(36(56)24-53-26-49(51,25-52)54-40(57)28-10-12-29(50)13-11-28)21-20-46(8)30(39(38)48)14-15-35-45(7)18-17-37(44(5,6)34(45)16-19-47(35,46)9)61-42(60)32-22-31(41(58)59)43(32,3)4/h10-13,27,30-32,34-37,53,56H,14-26,52H2,1-9H3,(H,54,57)(H,58,59)/t30-,31+,32-,34+,35-,36+,37+,45+,46-,47-,48+,49?/m1/s1. The fourth-order valence-corrected chi connectivity index (χ4v) is 15.0. The third-order valence-corrected chi connectivity index (χ3v) is 18.9. The number of alkyl halides is 1. The summed E-state index contributed by atoms with van der Waals surface area (Å²) in [7, 11) is 0. The molecule has 6 N–H and O–H groups in total. The maximum Gasteiger partial charge on any atom is 0.309 e. The zero-order chi connectivity index (χ0) is 44.9. The Bertz CT molecular complexity index is 1970. The Morgan fingerprint density at radius 1 is 0.918 bits per heavy atom. The van der Waals surface area contributed by atoms with Crippen molar-refractivity contribution in [2.75, 3.05) is 19.6 Å². The van der Waals surface area contributed by atoms with Crippen LogP contribution >= 0.6 is 11.6 Å². The van der Waals surface area contributed by atoms with Gasteiger partial charge in [-0.3, -0.25) is 19.2 Å². The average molecular weight is 869 g/mol. The van der Waals surface area contributed by atoms with E-state index < -0.39 is 53.0 Å². The molecule has 0 bridgehead atoms. The number of hydrogen-bond donors (Lipinski definition) is 5. The Kier molecular flexibility index (Phi) is 11.9. The number of carbonyl (C=O) groups excluding carboxylic acids is 3. The van der Waals surface area contributed by atoms with Gasteiger partial charge in [-0.2, -0.15) is 0 Å². The van der Waals surface area contributed by atoms with Crippen LogP contribution in [0.2, 0.25) is 5.02 Å². The number of amides is 1. The quantitative estimate of drug-likeness (QED) is 0.103. The predicted molar refractivity (Wildman–Crippen MR) is 233 cm³/mol. The molecule has 10 nitrogen and oxygen atoms in total. The minimum absolute atomic E-state index is 0.00108. The summed E-state index contributed by atoms with van der Waals surface area (Å²) >= 11 is 5.97. The number of fused-ring (bicyclic) bond motifs is 7. The maximum atomic E-state index is 16.1. The van der Waals surface area contributed by atoms with Gasteiger partial charge in [-0.25, -0.2) is 4.39 Å². The number of Topliss-reactive ketones (excluding diaryl/α,β-unsaturated/α-hetero) is 1. The Hall–Kier alpha value is -2.86. The lowest BCUT2D eigenvalue weighted by Crippen LogP contribution is -2.66. The molecule has 61 heavy (non-hydrogen) atoms. The number of nitrogens with two attached hydrogens (primary N) is 1. The third kappa shape index (κ3) is 7.13. The van der Waals surface area contributed by atoms with Gasteiger partial charge >= 0.3 is 11.9 Å². The van der Waals surface area contributed by atoms with Crippen LogP contribution in [0.3, 0.4) is 0 Å². The van der Waals surface area contributed by atoms with Gasteiger partial charge in [0.25, 0.3) is 5.91 Å². The molecule has 0 heterocycles. The van der Waals surface area contributed by atoms with Crippen LogP contribution in [-0.2, 0) is 19.1 Å². The number of aliphatic hydroxyl groups excluding tert-OH is 1. The number of hydrogen-bond acceptors (Lipinski definition) is 8. The number of carbonyl (C=O) groups is 4. The summed E-state index contributed by atoms with van der Waals surface area (Å²) in [5.74, 6) is -4.03. The highest BCUT2D eigenvalue weighted by Gasteiger charge is 2.71. The predicted octanol–water partition coefficient (Wildman–Crippen LogP) is 8.28. The molecule has 12 heteroatoms. The number of nitrogens with one attached hydrogen (secondary N) is 2. The highest BCUT2D eigenvalue weighted by atomic mass is 35.5. The van der Waals surface area contributed by atoms with Crippen LogP contribution in [0.25, 0.3) is 0 Å². The van der Waals surface area contributed by atoms with E-state index in [0.29, 0.717) is 29.7 Å². The van der Waals surface area contributed by atoms with E-state index in [1.54, 1.807) is 12.1 Å². The normalized spacial score (nSPS) is 38.8. The van der Waals surface area contributed by atoms with Crippen molar-refractivity contribution in [1.82, 2.24) is 10.6 Å². The highest BCUT2D eigenvalue weighted by Crippen LogP contribution is 2.77. The summed E-state index contributed by atoms with van der Waals surface area (Å²) in [5, 5.41) is 27.9. The zero-order valence-electron chi connectivity index (χ0n) is 37.9. The average Bonchev–Trinajstić information content (AvgIpc) is 3.49. The minimum Gasteiger partial charge on any atom is -0.481 e. The lowest BCUT2D eigenvalue weighted by Gasteiger charge is -2.72. The van der Waals surface area contributed by atoms with Crippen LogP contribution in [0.1, 0.15) is 137 Å². The number of aliphatic carboxylic acids is 1. The molecule has 1 aromatic rings. The van der Waals surface area contributed by atoms with Gasteiger partial charge in [-0.15, -0.1) is 0 Å². The van der Waals surface area contributed by atoms with Gasteiger partial charge in [-0.1, -0.05) is 79.5 Å². The van der Waals surface area contributed by atoms with Crippen LogP contribution in [0.5, 0.6) is 0 Å². The molecule has 0 radical (unpaired) electrons. The van der Waals surface area contributed by atoms with Gasteiger partial charge in [0, 0.05) is 47.5 Å². The number of carboxylic acid groups (broad SMARTS) is 1. The van der Waals surface area contributed by atoms with Crippen LogP contribution in [0.4, 0.5) is 4.39 Å². The monoisotopic (exact) mass is 867 g/mol. The van der Waals surface area contributed by atoms with Crippen LogP contribution < -0.4 is 16.4 Å². The molecule has 1 unspecified atom stereocenters. The second kappa shape index (κ2) is 15.7. The van der Waals surface area contributed by atoms with Gasteiger partial charge in [0.05, 0.1) is 17.9 Å². The first-order valence-electron chi connectivity index (χ1n) is 22.9. The van der Waals surface area contributed by atoms with E-state index in [0.717, 1.165) is 56.1 Å². The van der Waals surface area contributed by atoms with Crippen molar-refractivity contribution in [2.24, 2.45) is 73.7 Å². The van der Waals surface area contributed by atoms with E-state index in [-0.39, 0.29) is 76.4 Å². The fourth-order valence-electron chi connectivity index (χ4n) is 14.9. The Labute approximate surface area is 367 Å². The lowest BCUT2D eigenvalue weighted by molar-refractivity contribution is -0.238. The number of ether oxygens (including phenoxy) is 1. The van der Waals surface area contributed by atoms with Crippen molar-refractivity contribution in [3.63, 3.8) is 0 Å². The molecular formula is C49H71ClFN3O7. The molecule has 0 saturated heterocycles. The number of rotatable bonds is 12. The van der Waals surface area contributed by atoms with Crippen molar-refractivity contribution in [3.05, 3.63) is 46.0 Å². The minimum atomic E-state index is -2.27. The lowest BCUT2D eigenvalue weighted by atomic mass is 9.33. The first-order valence-corrected chi connectivity index (χ1v) is 23.3. The largest absolute Gasteiger partial charge is 0.481 e. The molecule has 0 aromatic heterocycles. The van der Waals surface area contributed by atoms with Gasteiger partial charge in [-0.05, 0) is 133 Å². The van der Waals surface area contributed by atoms with Crippen molar-refractivity contribution >= 4 is 35.2 Å². The summed E-state index contributed by atoms with van der Waals surface area (Å²) in [4.78, 5) is 52.5. The van der Waals surface area contributed by atoms with Crippen molar-refractivity contribution in [1.29, 1.82) is 0 Å². The summed E-state index contributed by atoms with van der Waals surface area (Å²) in [6.45, 7) is 19.1. The van der Waals surface area contributed by atoms with Gasteiger partial charge in [0.1, 0.15) is 6.10 Å². The molecule has 338 valence electrons. The number of aliphatic hydroxyl groups is 1. The van der Waals surface area contributed by atoms with Crippen molar-refractivity contribution in [2.45, 2.75) is 145 Å². The molecule has 0 spiro atoms. The first kappa shape index (κ1) is 46.1. The summed E-state index contributed by atoms with van der Waals surface area (Å²) in [6.07, 6.45) is 6.50. The van der Waals surface area contributed by atoms with Crippen LogP contribution in [0, 0.1) is 68.0 Å². The number of esters is 1. The molecule has 5 fully saturated rings. The third-order valence-electron chi connectivity index (χ3n) is 18.7. The van der Waals surface area contributed by atoms with E-state index in [1.807, 2.05) is 13.8 Å². The Morgan fingerprint density at radius 3 is 2.20 bits per heavy atom. The molecule has 6 aliphatic carbocycles. The van der Waals surface area contributed by atoms with Crippen molar-refractivity contribution in [3.8, 4) is 0 Å². The maximum absolute atomic E-state index is 16.1. The molecular weight excluding hydrogens is 797 g/mol. The smallest absolute Gasteiger partial charge is 0.309 e. The van der Waals surface area contributed by atoms with Gasteiger partial charge < -0.3 is 31.3 Å². The van der Waals surface area contributed by atoms with E-state index >= 15 is 4.39 Å². The van der Waals surface area contributed by atoms with E-state index in [4.69, 9.17) is 22.1 Å². The van der Waals surface area contributed by atoms with E-state index in [2.05, 4.69) is 59.1 Å². The summed E-state index contributed by atoms with van der Waals surface area (Å²) in [5.41, 5.74) is 6.23. The van der Waals surface area contributed by atoms with E-state index in [9.17, 15) is 29.4 Å². The number of allylic oxidation sites excluding steroid dienone is 1. The molecule has 7 rings (SSSR count). The molecule has 0 aliphatic heterocycles. The highest BCUT2D eigenvalue weighted by molar-refractivity contribution is 6.30. The van der Waals surface area contributed by atoms with Crippen LogP contribution in [-0.4, -0.2) is 71.5 Å². The molecule has 12 atom stereocenters. The molecule has 5 saturated carbocycles. The summed E-state index contributed by atoms with van der Waals surface area (Å²) < 4.78 is 22.5. The second-order valence-electron chi connectivity index (χ2n) is 22.4. The first-order chi connectivity index (χ1) is 28.3. The van der Waals surface area contributed by atoms with Crippen LogP contribution in [0.15, 0.2) is 35.4 Å². The SMILES string of the molecule is CC(C)C1=C2[C@H]3CC[C@@H]4[C@@]5(C)CC[C@H](OC(=O)[C@H]6C[C@@H](C(=O)O)C6(C)C)C(C)(C)[C@@H]5CC[C@@]4(C)[C@]3(C)CC[C@@]2([C@@H](O)CNCC(F)(CN)NC(=O)c2ccc(Cl)cc2)CC1=O. The number of carboxylic acids is 1. The van der Waals surface area contributed by atoms with Gasteiger partial charge in [0.2, 0.25) is 5.79 Å². The molecule has 1 amide bonds. The number of halogens is 2. The van der Waals surface area contributed by atoms with Gasteiger partial charge in [0.15, 0.2) is 5.78 Å². The number of ketones is 1.